The summed E-state index contributed by atoms with van der Waals surface area (Å²) in [6, 6.07) is 28.9. The Morgan fingerprint density at radius 2 is 1.31 bits per heavy atom. The van der Waals surface area contributed by atoms with Gasteiger partial charge in [-0.2, -0.15) is 9.36 Å². The second-order valence-corrected chi connectivity index (χ2v) is 7.67. The SMILES string of the molecule is Cl.Nc1nc(C(=NOC(c2ccccc2)(c2ccccc2)c2ccccc2)C(=O)Cl)ns1. The lowest BCUT2D eigenvalue weighted by atomic mass is 9.80. The number of hydrogen-bond acceptors (Lipinski definition) is 7. The van der Waals surface area contributed by atoms with Crippen LogP contribution in [0.15, 0.2) is 96.2 Å². The smallest absolute Gasteiger partial charge is 0.278 e. The van der Waals surface area contributed by atoms with Gasteiger partial charge in [0.1, 0.15) is 0 Å². The summed E-state index contributed by atoms with van der Waals surface area (Å²) in [5.74, 6) is 0.0191. The first-order valence-electron chi connectivity index (χ1n) is 9.33. The first kappa shape index (κ1) is 23.4. The highest BCUT2D eigenvalue weighted by molar-refractivity contribution is 7.09. The van der Waals surface area contributed by atoms with Gasteiger partial charge in [-0.1, -0.05) is 96.2 Å². The Bertz CT molecular complexity index is 1110. The van der Waals surface area contributed by atoms with E-state index in [9.17, 15) is 4.79 Å². The van der Waals surface area contributed by atoms with E-state index in [0.717, 1.165) is 28.2 Å². The van der Waals surface area contributed by atoms with Gasteiger partial charge in [-0.3, -0.25) is 4.79 Å². The largest absolute Gasteiger partial charge is 0.374 e. The van der Waals surface area contributed by atoms with E-state index in [1.807, 2.05) is 91.0 Å². The summed E-state index contributed by atoms with van der Waals surface area (Å²) in [7, 11) is 0. The minimum Gasteiger partial charge on any atom is -0.374 e. The first-order chi connectivity index (χ1) is 15.1. The second-order valence-electron chi connectivity index (χ2n) is 6.54. The Morgan fingerprint density at radius 3 is 1.66 bits per heavy atom. The number of oxime groups is 1. The number of carbonyl (C=O) groups is 1. The van der Waals surface area contributed by atoms with Crippen LogP contribution in [0.1, 0.15) is 22.5 Å². The van der Waals surface area contributed by atoms with Crippen LogP contribution in [-0.4, -0.2) is 20.3 Å². The van der Waals surface area contributed by atoms with Crippen molar-refractivity contribution in [3.8, 4) is 0 Å². The van der Waals surface area contributed by atoms with Gasteiger partial charge in [-0.05, 0) is 11.6 Å². The highest BCUT2D eigenvalue weighted by Crippen LogP contribution is 2.40. The van der Waals surface area contributed by atoms with Gasteiger partial charge in [0, 0.05) is 28.2 Å². The van der Waals surface area contributed by atoms with Crippen LogP contribution in [0.4, 0.5) is 5.13 Å². The number of nitrogens with two attached hydrogens (primary N) is 1. The van der Waals surface area contributed by atoms with Crippen molar-refractivity contribution in [2.24, 2.45) is 5.16 Å². The third-order valence-electron chi connectivity index (χ3n) is 4.65. The van der Waals surface area contributed by atoms with E-state index in [0.29, 0.717) is 0 Å². The predicted octanol–water partition coefficient (Wildman–Crippen LogP) is 5.02. The molecular formula is C23H18Cl2N4O2S. The van der Waals surface area contributed by atoms with Gasteiger partial charge in [0.15, 0.2) is 5.13 Å². The van der Waals surface area contributed by atoms with Crippen LogP contribution >= 0.6 is 35.5 Å². The molecule has 3 aromatic carbocycles. The van der Waals surface area contributed by atoms with Crippen molar-refractivity contribution in [1.82, 2.24) is 9.36 Å². The summed E-state index contributed by atoms with van der Waals surface area (Å²) in [6.07, 6.45) is 0. The maximum Gasteiger partial charge on any atom is 0.278 e. The van der Waals surface area contributed by atoms with E-state index in [2.05, 4.69) is 14.5 Å². The number of nitrogens with zero attached hydrogens (tertiary/aromatic N) is 3. The Morgan fingerprint density at radius 1 is 0.875 bits per heavy atom. The number of anilines is 1. The van der Waals surface area contributed by atoms with Crippen LogP contribution in [0.3, 0.4) is 0 Å². The number of carbonyl (C=O) groups excluding carboxylic acids is 1. The third kappa shape index (κ3) is 4.65. The first-order valence-corrected chi connectivity index (χ1v) is 10.5. The molecule has 9 heteroatoms. The summed E-state index contributed by atoms with van der Waals surface area (Å²) >= 11 is 6.73. The molecule has 1 heterocycles. The van der Waals surface area contributed by atoms with E-state index in [-0.39, 0.29) is 29.1 Å². The van der Waals surface area contributed by atoms with Crippen molar-refractivity contribution < 1.29 is 9.63 Å². The molecule has 0 aliphatic carbocycles. The number of nitrogen functional groups attached to an aromatic ring is 1. The lowest BCUT2D eigenvalue weighted by Gasteiger charge is -2.33. The van der Waals surface area contributed by atoms with E-state index in [1.54, 1.807) is 0 Å². The quantitative estimate of drug-likeness (QED) is 0.172. The fourth-order valence-corrected chi connectivity index (χ4v) is 3.84. The van der Waals surface area contributed by atoms with Crippen molar-refractivity contribution in [2.75, 3.05) is 5.73 Å². The standard InChI is InChI=1S/C23H17ClN4O2S.ClH/c24-20(29)19(21-26-22(25)31-28-21)27-30-23(16-10-4-1-5-11-16,17-12-6-2-7-13-17)18-14-8-3-9-15-18;/h1-15H,(H2,25,26,28);1H. The third-order valence-corrected chi connectivity index (χ3v) is 5.38. The van der Waals surface area contributed by atoms with Gasteiger partial charge >= 0.3 is 0 Å². The van der Waals surface area contributed by atoms with Crippen molar-refractivity contribution >= 4 is 51.6 Å². The minimum absolute atomic E-state index is 0. The van der Waals surface area contributed by atoms with Crippen molar-refractivity contribution in [2.45, 2.75) is 5.60 Å². The minimum atomic E-state index is -1.15. The zero-order valence-corrected chi connectivity index (χ0v) is 19.0. The lowest BCUT2D eigenvalue weighted by molar-refractivity contribution is -0.106. The highest BCUT2D eigenvalue weighted by Gasteiger charge is 2.40. The molecular weight excluding hydrogens is 467 g/mol. The Kier molecular flexibility index (Phi) is 7.58. The normalized spacial score (nSPS) is 11.5. The monoisotopic (exact) mass is 484 g/mol. The molecule has 162 valence electrons. The molecule has 0 fully saturated rings. The van der Waals surface area contributed by atoms with Crippen molar-refractivity contribution in [1.29, 1.82) is 0 Å². The molecule has 6 nitrogen and oxygen atoms in total. The van der Waals surface area contributed by atoms with E-state index < -0.39 is 10.8 Å². The van der Waals surface area contributed by atoms with Crippen molar-refractivity contribution in [3.63, 3.8) is 0 Å². The van der Waals surface area contributed by atoms with Gasteiger partial charge in [0.05, 0.1) is 0 Å². The number of aromatic nitrogens is 2. The second kappa shape index (κ2) is 10.4. The summed E-state index contributed by atoms with van der Waals surface area (Å²) in [5.41, 5.74) is 6.76. The molecule has 2 N–H and O–H groups in total. The molecule has 0 spiro atoms. The Hall–Kier alpha value is -3.26. The zero-order valence-electron chi connectivity index (χ0n) is 16.6. The molecule has 0 aliphatic rings. The molecule has 32 heavy (non-hydrogen) atoms. The maximum absolute atomic E-state index is 12.1. The van der Waals surface area contributed by atoms with Gasteiger partial charge in [0.25, 0.3) is 5.24 Å². The molecule has 0 unspecified atom stereocenters. The Balaban J connectivity index is 0.00000289. The molecule has 0 aliphatic heterocycles. The lowest BCUT2D eigenvalue weighted by Crippen LogP contribution is -2.32. The molecule has 0 saturated carbocycles. The molecule has 0 radical (unpaired) electrons. The fourth-order valence-electron chi connectivity index (χ4n) is 3.29. The predicted molar refractivity (Wildman–Crippen MR) is 129 cm³/mol. The zero-order chi connectivity index (χ0) is 21.7. The van der Waals surface area contributed by atoms with Crippen molar-refractivity contribution in [3.05, 3.63) is 114 Å². The average molecular weight is 485 g/mol. The van der Waals surface area contributed by atoms with Gasteiger partial charge in [-0.15, -0.1) is 12.4 Å². The molecule has 0 bridgehead atoms. The molecule has 0 atom stereocenters. The topological polar surface area (TPSA) is 90.5 Å². The van der Waals surface area contributed by atoms with Gasteiger partial charge < -0.3 is 10.6 Å². The van der Waals surface area contributed by atoms with E-state index in [4.69, 9.17) is 22.2 Å². The Labute approximate surface area is 200 Å². The number of halogens is 2. The summed E-state index contributed by atoms with van der Waals surface area (Å²) in [5, 5.41) is 3.52. The number of hydrogen-bond donors (Lipinski definition) is 1. The van der Waals surface area contributed by atoms with E-state index >= 15 is 0 Å². The molecule has 4 aromatic rings. The average Bonchev–Trinajstić information content (AvgIpc) is 3.24. The van der Waals surface area contributed by atoms with Crippen LogP contribution in [0.5, 0.6) is 0 Å². The van der Waals surface area contributed by atoms with Crippen LogP contribution in [0.25, 0.3) is 0 Å². The summed E-state index contributed by atoms with van der Waals surface area (Å²) < 4.78 is 4.05. The van der Waals surface area contributed by atoms with Crippen LogP contribution in [0, 0.1) is 0 Å². The number of benzene rings is 3. The van der Waals surface area contributed by atoms with E-state index in [1.165, 1.54) is 0 Å². The van der Waals surface area contributed by atoms with Gasteiger partial charge in [0.2, 0.25) is 17.1 Å². The van der Waals surface area contributed by atoms with Crippen LogP contribution < -0.4 is 5.73 Å². The van der Waals surface area contributed by atoms with Crippen LogP contribution in [0.2, 0.25) is 0 Å². The molecule has 0 amide bonds. The van der Waals surface area contributed by atoms with Gasteiger partial charge in [-0.25, -0.2) is 0 Å². The maximum atomic E-state index is 12.1. The highest BCUT2D eigenvalue weighted by atomic mass is 35.5. The molecule has 4 rings (SSSR count). The molecule has 0 saturated heterocycles. The summed E-state index contributed by atoms with van der Waals surface area (Å²) in [4.78, 5) is 22.4. The molecule has 1 aromatic heterocycles. The van der Waals surface area contributed by atoms with Crippen LogP contribution in [-0.2, 0) is 15.2 Å². The fraction of sp³-hybridized carbons (Fsp3) is 0.0435. The number of rotatable bonds is 7. The summed E-state index contributed by atoms with van der Waals surface area (Å²) in [6.45, 7) is 0.